The van der Waals surface area contributed by atoms with Gasteiger partial charge in [0.2, 0.25) is 0 Å². The van der Waals surface area contributed by atoms with Crippen LogP contribution in [-0.4, -0.2) is 6.29 Å². The highest BCUT2D eigenvalue weighted by atomic mass is 35.5. The van der Waals surface area contributed by atoms with Crippen molar-refractivity contribution in [3.05, 3.63) is 34.2 Å². The molecule has 16 heavy (non-hydrogen) atoms. The van der Waals surface area contributed by atoms with Gasteiger partial charge in [0.1, 0.15) is 0 Å². The van der Waals surface area contributed by atoms with Gasteiger partial charge in [-0.15, -0.1) is 11.3 Å². The Labute approximate surface area is 106 Å². The third-order valence-electron chi connectivity index (χ3n) is 1.67. The number of benzene rings is 1. The van der Waals surface area contributed by atoms with E-state index in [1.165, 1.54) is 11.3 Å². The van der Waals surface area contributed by atoms with E-state index in [-0.39, 0.29) is 0 Å². The van der Waals surface area contributed by atoms with Crippen LogP contribution in [0.25, 0.3) is 10.1 Å². The second-order valence-corrected chi connectivity index (χ2v) is 3.86. The molecule has 0 unspecified atom stereocenters. The normalized spacial score (nSPS) is 8.56. The number of fused-ring (bicyclic) bond motifs is 1. The van der Waals surface area contributed by atoms with Crippen molar-refractivity contribution in [2.75, 3.05) is 0 Å². The Morgan fingerprint density at radius 3 is 2.19 bits per heavy atom. The van der Waals surface area contributed by atoms with Gasteiger partial charge in [0.25, 0.3) is 0 Å². The first-order valence-corrected chi connectivity index (χ1v) is 6.64. The second-order valence-electron chi connectivity index (χ2n) is 2.39. The van der Waals surface area contributed by atoms with Gasteiger partial charge in [-0.05, 0) is 6.07 Å². The third kappa shape index (κ3) is 3.32. The molecule has 0 fully saturated rings. The summed E-state index contributed by atoms with van der Waals surface area (Å²) in [5, 5.41) is 1.54. The van der Waals surface area contributed by atoms with E-state index in [9.17, 15) is 4.79 Å². The van der Waals surface area contributed by atoms with Crippen molar-refractivity contribution in [1.82, 2.24) is 0 Å². The van der Waals surface area contributed by atoms with Crippen molar-refractivity contribution in [2.24, 2.45) is 0 Å². The lowest BCUT2D eigenvalue weighted by Gasteiger charge is -1.86. The summed E-state index contributed by atoms with van der Waals surface area (Å²) in [5.74, 6) is 0. The summed E-state index contributed by atoms with van der Waals surface area (Å²) >= 11 is 7.36. The number of hydrogen-bond donors (Lipinski definition) is 0. The van der Waals surface area contributed by atoms with E-state index >= 15 is 0 Å². The second kappa shape index (κ2) is 8.31. The monoisotopic (exact) mass is 256 g/mol. The number of carbonyl (C=O) groups is 1. The predicted octanol–water partition coefficient (Wildman–Crippen LogP) is 5.42. The minimum absolute atomic E-state index is 0.575. The molecule has 0 N–H and O–H groups in total. The number of rotatable bonds is 1. The maximum absolute atomic E-state index is 10.5. The SMILES string of the molecule is CC.CC.O=Cc1sc2ccccc2c1Cl. The van der Waals surface area contributed by atoms with E-state index in [0.717, 1.165) is 16.4 Å². The molecule has 1 heterocycles. The fourth-order valence-electron chi connectivity index (χ4n) is 1.11. The van der Waals surface area contributed by atoms with Crippen LogP contribution < -0.4 is 0 Å². The number of aldehydes is 1. The van der Waals surface area contributed by atoms with Gasteiger partial charge in [0.15, 0.2) is 6.29 Å². The number of hydrogen-bond acceptors (Lipinski definition) is 2. The molecular formula is C13H17ClOS. The molecule has 1 nitrogen and oxygen atoms in total. The van der Waals surface area contributed by atoms with E-state index in [0.29, 0.717) is 9.90 Å². The lowest BCUT2D eigenvalue weighted by atomic mass is 10.2. The zero-order valence-electron chi connectivity index (χ0n) is 10.1. The van der Waals surface area contributed by atoms with Gasteiger partial charge in [-0.2, -0.15) is 0 Å². The van der Waals surface area contributed by atoms with Gasteiger partial charge in [-0.3, -0.25) is 4.79 Å². The largest absolute Gasteiger partial charge is 0.297 e. The predicted molar refractivity (Wildman–Crippen MR) is 74.9 cm³/mol. The lowest BCUT2D eigenvalue weighted by molar-refractivity contribution is 0.112. The molecule has 1 aromatic heterocycles. The maximum Gasteiger partial charge on any atom is 0.161 e. The Bertz CT molecular complexity index is 434. The van der Waals surface area contributed by atoms with Crippen molar-refractivity contribution < 1.29 is 4.79 Å². The quantitative estimate of drug-likeness (QED) is 0.623. The highest BCUT2D eigenvalue weighted by Crippen LogP contribution is 2.33. The number of halogens is 1. The smallest absolute Gasteiger partial charge is 0.161 e. The molecule has 0 saturated heterocycles. The molecule has 0 atom stereocenters. The van der Waals surface area contributed by atoms with Crippen LogP contribution in [0.1, 0.15) is 37.4 Å². The molecule has 0 amide bonds. The van der Waals surface area contributed by atoms with Crippen LogP contribution in [0.5, 0.6) is 0 Å². The molecule has 0 aliphatic heterocycles. The molecule has 0 aliphatic carbocycles. The van der Waals surface area contributed by atoms with Crippen molar-refractivity contribution in [3.63, 3.8) is 0 Å². The summed E-state index contributed by atoms with van der Waals surface area (Å²) in [7, 11) is 0. The van der Waals surface area contributed by atoms with Crippen LogP contribution in [-0.2, 0) is 0 Å². The molecule has 1 aromatic carbocycles. The number of carbonyl (C=O) groups excluding carboxylic acids is 1. The average molecular weight is 257 g/mol. The Morgan fingerprint density at radius 2 is 1.69 bits per heavy atom. The highest BCUT2D eigenvalue weighted by Gasteiger charge is 2.07. The fraction of sp³-hybridized carbons (Fsp3) is 0.308. The molecule has 3 heteroatoms. The van der Waals surface area contributed by atoms with Crippen LogP contribution in [0, 0.1) is 0 Å². The van der Waals surface area contributed by atoms with E-state index in [2.05, 4.69) is 0 Å². The Hall–Kier alpha value is -0.860. The molecule has 88 valence electrons. The minimum Gasteiger partial charge on any atom is -0.297 e. The first kappa shape index (κ1) is 15.1. The van der Waals surface area contributed by atoms with Crippen molar-refractivity contribution in [1.29, 1.82) is 0 Å². The van der Waals surface area contributed by atoms with Gasteiger partial charge >= 0.3 is 0 Å². The average Bonchev–Trinajstić information content (AvgIpc) is 2.72. The van der Waals surface area contributed by atoms with Crippen LogP contribution in [0.2, 0.25) is 5.02 Å². The van der Waals surface area contributed by atoms with Crippen molar-refractivity contribution >= 4 is 39.3 Å². The van der Waals surface area contributed by atoms with Crippen LogP contribution in [0.3, 0.4) is 0 Å². The fourth-order valence-corrected chi connectivity index (χ4v) is 2.40. The van der Waals surface area contributed by atoms with Gasteiger partial charge in [0, 0.05) is 10.1 Å². The summed E-state index contributed by atoms with van der Waals surface area (Å²) in [6, 6.07) is 7.72. The topological polar surface area (TPSA) is 17.1 Å². The van der Waals surface area contributed by atoms with Gasteiger partial charge < -0.3 is 0 Å². The summed E-state index contributed by atoms with van der Waals surface area (Å²) in [6.45, 7) is 8.00. The zero-order chi connectivity index (χ0) is 12.6. The molecule has 2 aromatic rings. The van der Waals surface area contributed by atoms with E-state index < -0.39 is 0 Å². The first-order chi connectivity index (χ1) is 7.83. The van der Waals surface area contributed by atoms with Crippen molar-refractivity contribution in [2.45, 2.75) is 27.7 Å². The summed E-state index contributed by atoms with van der Waals surface area (Å²) < 4.78 is 1.06. The molecule has 0 saturated carbocycles. The Balaban J connectivity index is 0.000000509. The first-order valence-electron chi connectivity index (χ1n) is 5.45. The molecule has 2 rings (SSSR count). The summed E-state index contributed by atoms with van der Waals surface area (Å²) in [5.41, 5.74) is 0. The lowest BCUT2D eigenvalue weighted by Crippen LogP contribution is -1.68. The minimum atomic E-state index is 0.575. The van der Waals surface area contributed by atoms with Crippen molar-refractivity contribution in [3.8, 4) is 0 Å². The molecular weight excluding hydrogens is 240 g/mol. The molecule has 0 spiro atoms. The third-order valence-corrected chi connectivity index (χ3v) is 3.28. The van der Waals surface area contributed by atoms with Gasteiger partial charge in [-0.1, -0.05) is 57.5 Å². The summed E-state index contributed by atoms with van der Waals surface area (Å²) in [6.07, 6.45) is 0.799. The van der Waals surface area contributed by atoms with E-state index in [1.807, 2.05) is 52.0 Å². The van der Waals surface area contributed by atoms with Gasteiger partial charge in [0.05, 0.1) is 9.90 Å². The van der Waals surface area contributed by atoms with Crippen LogP contribution >= 0.6 is 22.9 Å². The zero-order valence-corrected chi connectivity index (χ0v) is 11.7. The Morgan fingerprint density at radius 1 is 1.12 bits per heavy atom. The molecule has 0 radical (unpaired) electrons. The highest BCUT2D eigenvalue weighted by molar-refractivity contribution is 7.21. The molecule has 0 bridgehead atoms. The van der Waals surface area contributed by atoms with E-state index in [4.69, 9.17) is 11.6 Å². The number of thiophene rings is 1. The van der Waals surface area contributed by atoms with E-state index in [1.54, 1.807) is 0 Å². The molecule has 0 aliphatic rings. The summed E-state index contributed by atoms with van der Waals surface area (Å²) in [4.78, 5) is 11.1. The Kier molecular flexibility index (Phi) is 7.86. The van der Waals surface area contributed by atoms with Gasteiger partial charge in [-0.25, -0.2) is 0 Å². The van der Waals surface area contributed by atoms with Crippen LogP contribution in [0.15, 0.2) is 24.3 Å². The maximum atomic E-state index is 10.5. The van der Waals surface area contributed by atoms with Crippen LogP contribution in [0.4, 0.5) is 0 Å². The standard InChI is InChI=1S/C9H5ClOS.2C2H6/c10-9-6-3-1-2-4-7(6)12-8(9)5-11;2*1-2/h1-5H;2*1-2H3.